The summed E-state index contributed by atoms with van der Waals surface area (Å²) in [5.41, 5.74) is 2.16. The Bertz CT molecular complexity index is 622. The fourth-order valence-corrected chi connectivity index (χ4v) is 2.27. The molecule has 0 unspecified atom stereocenters. The molecule has 0 aliphatic carbocycles. The molecule has 0 aromatic heterocycles. The molecule has 2 rings (SSSR count). The lowest BCUT2D eigenvalue weighted by atomic mass is 10.1. The van der Waals surface area contributed by atoms with Crippen molar-refractivity contribution >= 4 is 0 Å². The second-order valence-corrected chi connectivity index (χ2v) is 4.96. The van der Waals surface area contributed by atoms with Gasteiger partial charge in [-0.05, 0) is 42.8 Å². The second kappa shape index (κ2) is 7.59. The molecule has 2 aromatic carbocycles. The first-order valence-electron chi connectivity index (χ1n) is 7.15. The van der Waals surface area contributed by atoms with Crippen molar-refractivity contribution in [1.82, 2.24) is 0 Å². The molecule has 4 heteroatoms. The van der Waals surface area contributed by atoms with E-state index >= 15 is 0 Å². The molecule has 0 amide bonds. The number of hydrogen-bond acceptors (Lipinski definition) is 4. The fraction of sp³-hybridized carbons (Fsp3) is 0.333. The van der Waals surface area contributed by atoms with Crippen molar-refractivity contribution in [1.29, 1.82) is 0 Å². The maximum absolute atomic E-state index is 5.83. The van der Waals surface area contributed by atoms with E-state index < -0.39 is 0 Å². The molecule has 0 bridgehead atoms. The summed E-state index contributed by atoms with van der Waals surface area (Å²) < 4.78 is 21.7. The van der Waals surface area contributed by atoms with Crippen LogP contribution < -0.4 is 18.9 Å². The highest BCUT2D eigenvalue weighted by atomic mass is 16.5. The van der Waals surface area contributed by atoms with Crippen LogP contribution in [-0.2, 0) is 6.42 Å². The zero-order chi connectivity index (χ0) is 15.9. The van der Waals surface area contributed by atoms with Gasteiger partial charge in [0.1, 0.15) is 23.0 Å². The van der Waals surface area contributed by atoms with Gasteiger partial charge in [-0.1, -0.05) is 0 Å². The van der Waals surface area contributed by atoms with Gasteiger partial charge in [-0.3, -0.25) is 0 Å². The molecule has 0 fully saturated rings. The van der Waals surface area contributed by atoms with Gasteiger partial charge in [0.2, 0.25) is 0 Å². The zero-order valence-corrected chi connectivity index (χ0v) is 13.5. The zero-order valence-electron chi connectivity index (χ0n) is 13.5. The summed E-state index contributed by atoms with van der Waals surface area (Å²) >= 11 is 0. The van der Waals surface area contributed by atoms with Crippen LogP contribution in [0.5, 0.6) is 23.0 Å². The highest BCUT2D eigenvalue weighted by molar-refractivity contribution is 5.41. The lowest BCUT2D eigenvalue weighted by molar-refractivity contribution is 0.315. The number of hydrogen-bond donors (Lipinski definition) is 0. The highest BCUT2D eigenvalue weighted by Crippen LogP contribution is 2.26. The van der Waals surface area contributed by atoms with Crippen molar-refractivity contribution < 1.29 is 18.9 Å². The number of methoxy groups -OCH3 is 3. The molecule has 0 aliphatic heterocycles. The third kappa shape index (κ3) is 4.07. The Hall–Kier alpha value is -2.36. The molecule has 0 radical (unpaired) electrons. The van der Waals surface area contributed by atoms with E-state index in [1.807, 2.05) is 43.3 Å². The molecule has 0 spiro atoms. The first-order chi connectivity index (χ1) is 10.7. The smallest absolute Gasteiger partial charge is 0.123 e. The van der Waals surface area contributed by atoms with Crippen LogP contribution in [0.2, 0.25) is 0 Å². The lowest BCUT2D eigenvalue weighted by Gasteiger charge is -2.12. The number of aryl methyl sites for hydroxylation is 1. The Morgan fingerprint density at radius 3 is 2.18 bits per heavy atom. The number of rotatable bonds is 7. The Labute approximate surface area is 131 Å². The molecule has 0 N–H and O–H groups in total. The third-order valence-corrected chi connectivity index (χ3v) is 3.39. The molecular formula is C18H22O4. The Balaban J connectivity index is 2.03. The summed E-state index contributed by atoms with van der Waals surface area (Å²) in [4.78, 5) is 0. The monoisotopic (exact) mass is 302 g/mol. The van der Waals surface area contributed by atoms with Crippen molar-refractivity contribution in [2.75, 3.05) is 27.9 Å². The summed E-state index contributed by atoms with van der Waals surface area (Å²) in [5, 5.41) is 0. The van der Waals surface area contributed by atoms with Crippen LogP contribution in [0.3, 0.4) is 0 Å². The largest absolute Gasteiger partial charge is 0.497 e. The van der Waals surface area contributed by atoms with Gasteiger partial charge in [0.05, 0.1) is 27.9 Å². The lowest BCUT2D eigenvalue weighted by Crippen LogP contribution is -2.03. The van der Waals surface area contributed by atoms with Crippen LogP contribution in [0, 0.1) is 6.92 Å². The number of ether oxygens (including phenoxy) is 4. The van der Waals surface area contributed by atoms with Gasteiger partial charge in [-0.2, -0.15) is 0 Å². The summed E-state index contributed by atoms with van der Waals surface area (Å²) in [6.07, 6.45) is 0.733. The van der Waals surface area contributed by atoms with Gasteiger partial charge in [-0.25, -0.2) is 0 Å². The quantitative estimate of drug-likeness (QED) is 0.782. The topological polar surface area (TPSA) is 36.9 Å². The van der Waals surface area contributed by atoms with E-state index in [-0.39, 0.29) is 0 Å². The molecule has 0 atom stereocenters. The Morgan fingerprint density at radius 1 is 0.773 bits per heavy atom. The van der Waals surface area contributed by atoms with E-state index in [1.54, 1.807) is 21.3 Å². The first-order valence-corrected chi connectivity index (χ1v) is 7.15. The van der Waals surface area contributed by atoms with Gasteiger partial charge in [0.25, 0.3) is 0 Å². The molecule has 0 saturated heterocycles. The molecule has 0 heterocycles. The Kier molecular flexibility index (Phi) is 5.53. The van der Waals surface area contributed by atoms with Gasteiger partial charge in [0, 0.05) is 18.1 Å². The minimum atomic E-state index is 0.552. The van der Waals surface area contributed by atoms with E-state index in [2.05, 4.69) is 0 Å². The van der Waals surface area contributed by atoms with Crippen molar-refractivity contribution in [2.24, 2.45) is 0 Å². The van der Waals surface area contributed by atoms with E-state index in [1.165, 1.54) is 0 Å². The van der Waals surface area contributed by atoms with Crippen molar-refractivity contribution in [3.63, 3.8) is 0 Å². The van der Waals surface area contributed by atoms with E-state index in [9.17, 15) is 0 Å². The predicted octanol–water partition coefficient (Wildman–Crippen LogP) is 3.64. The highest BCUT2D eigenvalue weighted by Gasteiger charge is 2.06. The van der Waals surface area contributed by atoms with Crippen molar-refractivity contribution in [3.05, 3.63) is 47.5 Å². The second-order valence-electron chi connectivity index (χ2n) is 4.96. The van der Waals surface area contributed by atoms with E-state index in [4.69, 9.17) is 18.9 Å². The van der Waals surface area contributed by atoms with Crippen LogP contribution in [0.25, 0.3) is 0 Å². The molecule has 118 valence electrons. The van der Waals surface area contributed by atoms with Crippen molar-refractivity contribution in [3.8, 4) is 23.0 Å². The molecular weight excluding hydrogens is 280 g/mol. The van der Waals surface area contributed by atoms with Crippen LogP contribution in [0.15, 0.2) is 36.4 Å². The van der Waals surface area contributed by atoms with Crippen LogP contribution in [0.1, 0.15) is 11.1 Å². The molecule has 0 aliphatic rings. The molecule has 4 nitrogen and oxygen atoms in total. The van der Waals surface area contributed by atoms with Crippen LogP contribution >= 0.6 is 0 Å². The van der Waals surface area contributed by atoms with Gasteiger partial charge < -0.3 is 18.9 Å². The predicted molar refractivity (Wildman–Crippen MR) is 86.5 cm³/mol. The van der Waals surface area contributed by atoms with Crippen LogP contribution in [0.4, 0.5) is 0 Å². The first kappa shape index (κ1) is 16.0. The van der Waals surface area contributed by atoms with Gasteiger partial charge in [0.15, 0.2) is 0 Å². The Morgan fingerprint density at radius 2 is 1.50 bits per heavy atom. The fourth-order valence-electron chi connectivity index (χ4n) is 2.27. The number of benzene rings is 2. The summed E-state index contributed by atoms with van der Waals surface area (Å²) in [5.74, 6) is 3.26. The SMILES string of the molecule is COc1cc(C)cc(OCCc2cc(OC)ccc2OC)c1. The minimum absolute atomic E-state index is 0.552. The standard InChI is InChI=1S/C18H22O4/c1-13-9-16(20-3)12-17(10-13)22-8-7-14-11-15(19-2)5-6-18(14)21-4/h5-6,9-12H,7-8H2,1-4H3. The van der Waals surface area contributed by atoms with Gasteiger partial charge in [-0.15, -0.1) is 0 Å². The average Bonchev–Trinajstić information content (AvgIpc) is 2.54. The molecule has 2 aromatic rings. The minimum Gasteiger partial charge on any atom is -0.497 e. The van der Waals surface area contributed by atoms with Crippen LogP contribution in [-0.4, -0.2) is 27.9 Å². The molecule has 0 saturated carbocycles. The van der Waals surface area contributed by atoms with Crippen molar-refractivity contribution in [2.45, 2.75) is 13.3 Å². The maximum atomic E-state index is 5.83. The average molecular weight is 302 g/mol. The van der Waals surface area contributed by atoms with E-state index in [0.29, 0.717) is 6.61 Å². The van der Waals surface area contributed by atoms with E-state index in [0.717, 1.165) is 40.5 Å². The third-order valence-electron chi connectivity index (χ3n) is 3.39. The summed E-state index contributed by atoms with van der Waals surface area (Å²) in [6, 6.07) is 11.6. The normalized spacial score (nSPS) is 10.2. The maximum Gasteiger partial charge on any atom is 0.123 e. The summed E-state index contributed by atoms with van der Waals surface area (Å²) in [7, 11) is 4.97. The molecule has 22 heavy (non-hydrogen) atoms. The van der Waals surface area contributed by atoms with Gasteiger partial charge >= 0.3 is 0 Å². The summed E-state index contributed by atoms with van der Waals surface area (Å²) in [6.45, 7) is 2.57.